The van der Waals surface area contributed by atoms with Crippen LogP contribution < -0.4 is 21.3 Å². The number of carbonyl (C=O) groups excluding carboxylic acids is 4. The molecule has 4 N–H and O–H groups in total. The molecule has 0 aliphatic heterocycles. The molecule has 3 rings (SSSR count). The zero-order valence-corrected chi connectivity index (χ0v) is 28.8. The maximum absolute atomic E-state index is 12.8. The molecular weight excluding hydrogens is 833 g/mol. The molecule has 9 nitrogen and oxygen atoms in total. The van der Waals surface area contributed by atoms with Crippen LogP contribution in [0.5, 0.6) is 0 Å². The van der Waals surface area contributed by atoms with Crippen molar-refractivity contribution in [3.05, 3.63) is 97.3 Å². The molecule has 0 unspecified atom stereocenters. The molecule has 234 valence electrons. The third kappa shape index (κ3) is 14.7. The van der Waals surface area contributed by atoms with Crippen molar-refractivity contribution in [2.45, 2.75) is 26.4 Å². The van der Waals surface area contributed by atoms with Crippen molar-refractivity contribution in [3.63, 3.8) is 0 Å². The second-order valence-electron chi connectivity index (χ2n) is 10.0. The topological polar surface area (TPSA) is 120 Å². The Morgan fingerprint density at radius 1 is 0.721 bits per heavy atom. The minimum Gasteiger partial charge on any atom is -0.380 e. The molecule has 0 heterocycles. The Morgan fingerprint density at radius 2 is 1.26 bits per heavy atom. The molecule has 0 aliphatic carbocycles. The summed E-state index contributed by atoms with van der Waals surface area (Å²) in [5.74, 6) is -1.12. The van der Waals surface area contributed by atoms with Gasteiger partial charge in [-0.25, -0.2) is 0 Å². The molecule has 43 heavy (non-hydrogen) atoms. The first kappa shape index (κ1) is 39.2. The predicted octanol–water partition coefficient (Wildman–Crippen LogP) is 2.15. The first-order valence-electron chi connectivity index (χ1n) is 13.7. The number of rotatable bonds is 15. The van der Waals surface area contributed by atoms with E-state index in [0.717, 1.165) is 16.7 Å². The van der Waals surface area contributed by atoms with Gasteiger partial charge in [-0.2, -0.15) is 0 Å². The van der Waals surface area contributed by atoms with E-state index >= 15 is 0 Å². The van der Waals surface area contributed by atoms with Gasteiger partial charge in [0.25, 0.3) is 0 Å². The van der Waals surface area contributed by atoms with Gasteiger partial charge in [-0.15, -0.1) is 0 Å². The van der Waals surface area contributed by atoms with Crippen molar-refractivity contribution in [2.24, 2.45) is 5.92 Å². The van der Waals surface area contributed by atoms with E-state index in [9.17, 15) is 19.2 Å². The fraction of sp³-hybridized carbons (Fsp3) is 0.312. The van der Waals surface area contributed by atoms with E-state index in [1.807, 2.05) is 54.3 Å². The molecule has 0 spiro atoms. The SMILES string of the molecule is [CH2-]C(=O)NCCN(CCNC([CH2-])=O)CC(=O)NCc1ccc(CNC(=O)[C@@H](C)Cc2cccc3ccccc23)cc1.[Gd].[Gd]. The summed E-state index contributed by atoms with van der Waals surface area (Å²) in [4.78, 5) is 49.2. The number of nitrogens with zero attached hydrogens (tertiary/aromatic N) is 1. The summed E-state index contributed by atoms with van der Waals surface area (Å²) in [5.41, 5.74) is 3.06. The second-order valence-corrected chi connectivity index (χ2v) is 10.0. The largest absolute Gasteiger partial charge is 0.380 e. The molecule has 4 amide bonds. The molecule has 0 fully saturated rings. The normalized spacial score (nSPS) is 11.0. The van der Waals surface area contributed by atoms with Crippen LogP contribution >= 0.6 is 0 Å². The molecule has 0 aromatic heterocycles. The fourth-order valence-electron chi connectivity index (χ4n) is 4.47. The van der Waals surface area contributed by atoms with Crippen LogP contribution in [-0.4, -0.2) is 61.3 Å². The molecule has 0 saturated carbocycles. The van der Waals surface area contributed by atoms with Gasteiger partial charge in [-0.05, 0) is 33.9 Å². The molecular formula is C32H39Gd2N5O4-2. The number of amides is 4. The van der Waals surface area contributed by atoms with E-state index in [2.05, 4.69) is 59.4 Å². The maximum Gasteiger partial charge on any atom is 0.234 e. The molecule has 0 saturated heterocycles. The average Bonchev–Trinajstić information content (AvgIpc) is 2.95. The van der Waals surface area contributed by atoms with Crippen molar-refractivity contribution in [1.82, 2.24) is 26.2 Å². The van der Waals surface area contributed by atoms with Gasteiger partial charge < -0.3 is 44.7 Å². The standard InChI is InChI=1S/C32H39N5O4.2Gd/c1-23(19-29-9-6-8-28-7-4-5-10-30(28)29)32(41)36-21-27-13-11-26(12-14-27)20-35-31(40)22-37(17-15-33-24(2)38)18-16-34-25(3)39;;/h4-14,23H,2-3,15-22H2,1H3,(H,33,38)(H,34,39)(H,35,40)(H,36,41);;/q-2;;/t23-;;/m0../s1. The predicted molar refractivity (Wildman–Crippen MR) is 160 cm³/mol. The Kier molecular flexibility index (Phi) is 19.1. The first-order chi connectivity index (χ1) is 19.7. The quantitative estimate of drug-likeness (QED) is 0.175. The van der Waals surface area contributed by atoms with Crippen molar-refractivity contribution in [1.29, 1.82) is 0 Å². The Morgan fingerprint density at radius 3 is 1.84 bits per heavy atom. The monoisotopic (exact) mass is 873 g/mol. The molecule has 11 heteroatoms. The minimum absolute atomic E-state index is 0. The van der Waals surface area contributed by atoms with Crippen LogP contribution in [0.2, 0.25) is 0 Å². The van der Waals surface area contributed by atoms with Gasteiger partial charge in [-0.1, -0.05) is 73.7 Å². The zero-order chi connectivity index (χ0) is 29.6. The van der Waals surface area contributed by atoms with Crippen LogP contribution in [0.3, 0.4) is 0 Å². The number of fused-ring (bicyclic) bond motifs is 1. The Bertz CT molecular complexity index is 1310. The van der Waals surface area contributed by atoms with Gasteiger partial charge in [0.15, 0.2) is 0 Å². The van der Waals surface area contributed by atoms with Crippen molar-refractivity contribution in [2.75, 3.05) is 32.7 Å². The molecule has 0 bridgehead atoms. The smallest absolute Gasteiger partial charge is 0.234 e. The van der Waals surface area contributed by atoms with Gasteiger partial charge in [0.05, 0.1) is 18.4 Å². The summed E-state index contributed by atoms with van der Waals surface area (Å²) >= 11 is 0. The zero-order valence-electron chi connectivity index (χ0n) is 24.3. The summed E-state index contributed by atoms with van der Waals surface area (Å²) in [6.07, 6.45) is 0.665. The third-order valence-electron chi connectivity index (χ3n) is 6.70. The van der Waals surface area contributed by atoms with Crippen LogP contribution in [0.4, 0.5) is 0 Å². The summed E-state index contributed by atoms with van der Waals surface area (Å²) in [6, 6.07) is 22.1. The molecule has 3 aromatic rings. The number of benzene rings is 3. The fourth-order valence-corrected chi connectivity index (χ4v) is 4.47. The van der Waals surface area contributed by atoms with Crippen molar-refractivity contribution >= 4 is 34.4 Å². The number of carbonyl (C=O) groups is 4. The van der Waals surface area contributed by atoms with E-state index in [4.69, 9.17) is 0 Å². The van der Waals surface area contributed by atoms with Gasteiger partial charge in [0.2, 0.25) is 11.8 Å². The van der Waals surface area contributed by atoms with Crippen molar-refractivity contribution in [3.8, 4) is 0 Å². The number of hydrogen-bond donors (Lipinski definition) is 4. The average molecular weight is 872 g/mol. The van der Waals surface area contributed by atoms with Gasteiger partial charge in [-0.3, -0.25) is 14.5 Å². The van der Waals surface area contributed by atoms with Crippen LogP contribution in [-0.2, 0) is 38.7 Å². The Labute approximate surface area is 318 Å². The summed E-state index contributed by atoms with van der Waals surface area (Å²) in [6.45, 7) is 10.9. The minimum atomic E-state index is -0.390. The maximum atomic E-state index is 12.8. The van der Waals surface area contributed by atoms with Crippen LogP contribution in [0.25, 0.3) is 10.8 Å². The summed E-state index contributed by atoms with van der Waals surface area (Å²) in [5, 5.41) is 13.5. The molecule has 0 radical (unpaired) electrons. The summed E-state index contributed by atoms with van der Waals surface area (Å²) in [7, 11) is 0. The molecule has 3 aromatic carbocycles. The van der Waals surface area contributed by atoms with Gasteiger partial charge in [0, 0.05) is 125 Å². The van der Waals surface area contributed by atoms with Gasteiger partial charge in [0.1, 0.15) is 0 Å². The van der Waals surface area contributed by atoms with Crippen LogP contribution in [0.15, 0.2) is 66.7 Å². The van der Waals surface area contributed by atoms with Crippen molar-refractivity contribution < 1.29 is 99.1 Å². The number of hydrogen-bond acceptors (Lipinski definition) is 5. The Balaban J connectivity index is 0.00000462. The van der Waals surface area contributed by atoms with E-state index < -0.39 is 0 Å². The molecule has 1 atom stereocenters. The Hall–Kier alpha value is -1.85. The molecule has 0 aliphatic rings. The first-order valence-corrected chi connectivity index (χ1v) is 13.7. The second kappa shape index (κ2) is 21.0. The van der Waals surface area contributed by atoms with Crippen LogP contribution in [0.1, 0.15) is 23.6 Å². The van der Waals surface area contributed by atoms with Gasteiger partial charge >= 0.3 is 0 Å². The van der Waals surface area contributed by atoms with E-state index in [0.29, 0.717) is 45.7 Å². The van der Waals surface area contributed by atoms with E-state index in [1.165, 1.54) is 10.8 Å². The van der Waals surface area contributed by atoms with E-state index in [1.54, 1.807) is 0 Å². The number of nitrogens with one attached hydrogen (secondary N) is 4. The van der Waals surface area contributed by atoms with Crippen LogP contribution in [0, 0.1) is 99.6 Å². The summed E-state index contributed by atoms with van der Waals surface area (Å²) < 4.78 is 0. The third-order valence-corrected chi connectivity index (χ3v) is 6.70. The van der Waals surface area contributed by atoms with E-state index in [-0.39, 0.29) is 116 Å².